The summed E-state index contributed by atoms with van der Waals surface area (Å²) in [5.41, 5.74) is 9.02. The third kappa shape index (κ3) is 3.68. The van der Waals surface area contributed by atoms with E-state index in [1.807, 2.05) is 36.5 Å². The fourth-order valence-electron chi connectivity index (χ4n) is 7.30. The molecule has 5 aromatic carbocycles. The number of hydrogen-bond acceptors (Lipinski definition) is 5. The van der Waals surface area contributed by atoms with Gasteiger partial charge in [0.15, 0.2) is 0 Å². The van der Waals surface area contributed by atoms with Crippen molar-refractivity contribution in [3.05, 3.63) is 121 Å². The van der Waals surface area contributed by atoms with Crippen LogP contribution >= 0.6 is 0 Å². The molecule has 0 spiro atoms. The summed E-state index contributed by atoms with van der Waals surface area (Å²) < 4.78 is 11.1. The smallest absolute Gasteiger partial charge is 0.150 e. The SMILES string of the molecule is CC(C)(C)c1cccc2c3ccc(Oc4ccc5c6cncnc6n6c7ccccc7nc6c5c4)cc3c3nc4ccccc4n3c12. The highest BCUT2D eigenvalue weighted by atomic mass is 16.5. The lowest BCUT2D eigenvalue weighted by Crippen LogP contribution is -2.13. The lowest BCUT2D eigenvalue weighted by molar-refractivity contribution is 0.484. The largest absolute Gasteiger partial charge is 0.457 e. The lowest BCUT2D eigenvalue weighted by Gasteiger charge is -2.23. The number of imidazole rings is 2. The van der Waals surface area contributed by atoms with E-state index in [4.69, 9.17) is 14.7 Å². The molecule has 47 heavy (non-hydrogen) atoms. The predicted molar refractivity (Wildman–Crippen MR) is 190 cm³/mol. The lowest BCUT2D eigenvalue weighted by atomic mass is 9.84. The van der Waals surface area contributed by atoms with Crippen LogP contribution in [0, 0.1) is 0 Å². The molecule has 0 unspecified atom stereocenters. The van der Waals surface area contributed by atoms with E-state index in [-0.39, 0.29) is 5.41 Å². The molecule has 7 heteroatoms. The molecule has 7 nitrogen and oxygen atoms in total. The van der Waals surface area contributed by atoms with Crippen molar-refractivity contribution in [3.8, 4) is 11.5 Å². The highest BCUT2D eigenvalue weighted by Gasteiger charge is 2.23. The quantitative estimate of drug-likeness (QED) is 0.183. The molecule has 0 radical (unpaired) electrons. The Bertz CT molecular complexity index is 2930. The molecule has 0 N–H and O–H groups in total. The molecule has 5 heterocycles. The zero-order valence-electron chi connectivity index (χ0n) is 26.1. The van der Waals surface area contributed by atoms with Gasteiger partial charge >= 0.3 is 0 Å². The summed E-state index contributed by atoms with van der Waals surface area (Å²) in [6.07, 6.45) is 3.46. The summed E-state index contributed by atoms with van der Waals surface area (Å²) in [6, 6.07) is 35.7. The van der Waals surface area contributed by atoms with E-state index in [1.54, 1.807) is 6.33 Å². The molecule has 0 amide bonds. The van der Waals surface area contributed by atoms with Gasteiger partial charge in [0.2, 0.25) is 0 Å². The summed E-state index contributed by atoms with van der Waals surface area (Å²) in [5, 5.41) is 6.36. The van der Waals surface area contributed by atoms with Gasteiger partial charge in [-0.15, -0.1) is 0 Å². The topological polar surface area (TPSA) is 69.6 Å². The van der Waals surface area contributed by atoms with Crippen LogP contribution in [0.25, 0.3) is 76.8 Å². The molecule has 5 aromatic heterocycles. The molecule has 0 aliphatic heterocycles. The minimum atomic E-state index is -0.0474. The maximum Gasteiger partial charge on any atom is 0.150 e. The average Bonchev–Trinajstić information content (AvgIpc) is 3.68. The number of rotatable bonds is 2. The number of hydrogen-bond donors (Lipinski definition) is 0. The van der Waals surface area contributed by atoms with Crippen LogP contribution in [-0.2, 0) is 5.41 Å². The van der Waals surface area contributed by atoms with Crippen molar-refractivity contribution in [2.75, 3.05) is 0 Å². The van der Waals surface area contributed by atoms with Gasteiger partial charge < -0.3 is 4.74 Å². The zero-order chi connectivity index (χ0) is 31.4. The van der Waals surface area contributed by atoms with E-state index in [2.05, 4.69) is 112 Å². The first-order chi connectivity index (χ1) is 22.9. The Balaban J connectivity index is 1.21. The second kappa shape index (κ2) is 9.23. The van der Waals surface area contributed by atoms with Gasteiger partial charge in [-0.25, -0.2) is 19.9 Å². The Hall–Kier alpha value is -6.08. The first-order valence-corrected chi connectivity index (χ1v) is 15.8. The second-order valence-corrected chi connectivity index (χ2v) is 13.2. The molecule has 0 saturated heterocycles. The third-order valence-corrected chi connectivity index (χ3v) is 9.37. The first kappa shape index (κ1) is 26.2. The van der Waals surface area contributed by atoms with Crippen molar-refractivity contribution >= 4 is 76.8 Å². The Morgan fingerprint density at radius 1 is 0.553 bits per heavy atom. The molecule has 0 fully saturated rings. The van der Waals surface area contributed by atoms with Crippen LogP contribution in [0.4, 0.5) is 0 Å². The van der Waals surface area contributed by atoms with Crippen LogP contribution < -0.4 is 4.74 Å². The number of nitrogens with zero attached hydrogens (tertiary/aromatic N) is 6. The van der Waals surface area contributed by atoms with Crippen molar-refractivity contribution < 1.29 is 4.74 Å². The van der Waals surface area contributed by atoms with Gasteiger partial charge in [0.25, 0.3) is 0 Å². The van der Waals surface area contributed by atoms with Gasteiger partial charge in [0.05, 0.1) is 27.6 Å². The number of pyridine rings is 2. The van der Waals surface area contributed by atoms with Crippen LogP contribution in [0.15, 0.2) is 116 Å². The summed E-state index contributed by atoms with van der Waals surface area (Å²) in [7, 11) is 0. The molecule has 0 atom stereocenters. The number of fused-ring (bicyclic) bond motifs is 16. The van der Waals surface area contributed by atoms with E-state index in [0.717, 1.165) is 77.4 Å². The van der Waals surface area contributed by atoms with Crippen LogP contribution in [0.3, 0.4) is 0 Å². The summed E-state index contributed by atoms with van der Waals surface area (Å²) in [4.78, 5) is 19.2. The Morgan fingerprint density at radius 2 is 1.17 bits per heavy atom. The molecule has 0 aliphatic carbocycles. The van der Waals surface area contributed by atoms with Crippen molar-refractivity contribution in [2.24, 2.45) is 0 Å². The van der Waals surface area contributed by atoms with E-state index >= 15 is 0 Å². The van der Waals surface area contributed by atoms with E-state index in [9.17, 15) is 0 Å². The fraction of sp³-hybridized carbons (Fsp3) is 0.100. The van der Waals surface area contributed by atoms with Crippen molar-refractivity contribution in [1.29, 1.82) is 0 Å². The Morgan fingerprint density at radius 3 is 1.85 bits per heavy atom. The van der Waals surface area contributed by atoms with Crippen molar-refractivity contribution in [2.45, 2.75) is 26.2 Å². The molecule has 10 aromatic rings. The first-order valence-electron chi connectivity index (χ1n) is 15.8. The number of aromatic nitrogens is 6. The highest BCUT2D eigenvalue weighted by molar-refractivity contribution is 6.15. The number of para-hydroxylation sites is 5. The minimum absolute atomic E-state index is 0.0474. The molecule has 0 bridgehead atoms. The molecular formula is C40H28N6O. The number of ether oxygens (including phenoxy) is 1. The van der Waals surface area contributed by atoms with Gasteiger partial charge in [-0.05, 0) is 82.4 Å². The predicted octanol–water partition coefficient (Wildman–Crippen LogP) is 9.78. The maximum atomic E-state index is 6.64. The van der Waals surface area contributed by atoms with Crippen LogP contribution in [0.5, 0.6) is 11.5 Å². The average molecular weight is 609 g/mol. The summed E-state index contributed by atoms with van der Waals surface area (Å²) in [5.74, 6) is 1.47. The van der Waals surface area contributed by atoms with Crippen LogP contribution in [0.1, 0.15) is 26.3 Å². The molecule has 0 saturated carbocycles. The maximum absolute atomic E-state index is 6.64. The van der Waals surface area contributed by atoms with Crippen LogP contribution in [-0.4, -0.2) is 28.7 Å². The standard InChI is InChI=1S/C40H28N6O/c1-40(2,3)31-10-8-9-27-25-17-15-23(19-28(25)38-43-32-11-4-6-13-34(32)45(38)36(27)31)47-24-16-18-26-29(20-24)39-44-33-12-5-7-14-35(33)46(39)37-30(26)21-41-22-42-37/h4-22H,1-3H3. The zero-order valence-corrected chi connectivity index (χ0v) is 26.1. The summed E-state index contributed by atoms with van der Waals surface area (Å²) >= 11 is 0. The van der Waals surface area contributed by atoms with Crippen LogP contribution in [0.2, 0.25) is 0 Å². The van der Waals surface area contributed by atoms with Gasteiger partial charge in [-0.2, -0.15) is 0 Å². The second-order valence-electron chi connectivity index (χ2n) is 13.2. The van der Waals surface area contributed by atoms with Crippen molar-refractivity contribution in [1.82, 2.24) is 28.7 Å². The molecule has 10 rings (SSSR count). The van der Waals surface area contributed by atoms with Gasteiger partial charge in [-0.3, -0.25) is 8.80 Å². The van der Waals surface area contributed by atoms with E-state index in [1.165, 1.54) is 16.5 Å². The monoisotopic (exact) mass is 608 g/mol. The summed E-state index contributed by atoms with van der Waals surface area (Å²) in [6.45, 7) is 6.81. The van der Waals surface area contributed by atoms with Crippen molar-refractivity contribution in [3.63, 3.8) is 0 Å². The third-order valence-electron chi connectivity index (χ3n) is 9.37. The normalized spacial score (nSPS) is 12.6. The Kier molecular flexibility index (Phi) is 5.14. The fourth-order valence-corrected chi connectivity index (χ4v) is 7.30. The minimum Gasteiger partial charge on any atom is -0.457 e. The van der Waals surface area contributed by atoms with Gasteiger partial charge in [0.1, 0.15) is 34.8 Å². The van der Waals surface area contributed by atoms with E-state index in [0.29, 0.717) is 0 Å². The molecular weight excluding hydrogens is 580 g/mol. The van der Waals surface area contributed by atoms with Gasteiger partial charge in [0, 0.05) is 27.7 Å². The highest BCUT2D eigenvalue weighted by Crippen LogP contribution is 2.40. The Labute approximate surface area is 268 Å². The van der Waals surface area contributed by atoms with Gasteiger partial charge in [-0.1, -0.05) is 63.2 Å². The van der Waals surface area contributed by atoms with E-state index < -0.39 is 0 Å². The molecule has 224 valence electrons. The number of benzene rings is 5. The molecule has 0 aliphatic rings.